The molecule has 4 nitrogen and oxygen atoms in total. The first-order chi connectivity index (χ1) is 4.22. The van der Waals surface area contributed by atoms with E-state index in [-0.39, 0.29) is 14.0 Å². The number of ether oxygens (including phenoxy) is 2. The molecule has 11 heavy (non-hydrogen) atoms. The summed E-state index contributed by atoms with van der Waals surface area (Å²) in [5, 5.41) is 0. The van der Waals surface area contributed by atoms with Gasteiger partial charge in [-0.05, 0) is 6.92 Å². The van der Waals surface area contributed by atoms with Crippen LogP contribution < -0.4 is 0 Å². The average molecular weight is 414 g/mol. The second-order valence-corrected chi connectivity index (χ2v) is 1.15. The summed E-state index contributed by atoms with van der Waals surface area (Å²) in [6.45, 7) is 1.75. The van der Waals surface area contributed by atoms with Gasteiger partial charge >= 0.3 is 11.9 Å². The smallest absolute Gasteiger partial charge is 0.414 e. The first kappa shape index (κ1) is 16.0. The number of rotatable bonds is 1. The predicted octanol–water partition coefficient (Wildman–Crippen LogP) is 0.335. The van der Waals surface area contributed by atoms with E-state index in [9.17, 15) is 9.59 Å². The maximum atomic E-state index is 10.2. The van der Waals surface area contributed by atoms with Gasteiger partial charge in [0.15, 0.2) is 0 Å². The number of esters is 2. The molecule has 0 unspecified atom stereocenters. The molecule has 0 aliphatic rings. The fraction of sp³-hybridized carbons (Fsp3) is 0.333. The number of carbonyl (C=O) groups is 2. The van der Waals surface area contributed by atoms with Crippen molar-refractivity contribution in [2.45, 2.75) is 6.92 Å². The van der Waals surface area contributed by atoms with Gasteiger partial charge in [0.25, 0.3) is 0 Å². The van der Waals surface area contributed by atoms with Crippen LogP contribution in [-0.4, -0.2) is 18.5 Å². The minimum atomic E-state index is -1.07. The molecule has 0 bridgehead atoms. The zero-order chi connectivity index (χ0) is 7.28. The molecule has 0 atom stereocenters. The summed E-state index contributed by atoms with van der Waals surface area (Å²) in [6, 6.07) is 0. The molecular formula is C6H10DbO4-2. The van der Waals surface area contributed by atoms with Crippen molar-refractivity contribution in [3.05, 3.63) is 14.5 Å². The Labute approximate surface area is 60.1 Å². The minimum Gasteiger partial charge on any atom is -0.632 e. The Hall–Kier alpha value is -2.06. The minimum absolute atomic E-state index is 0. The van der Waals surface area contributed by atoms with Crippen molar-refractivity contribution in [2.24, 2.45) is 0 Å². The standard InChI is InChI=1S/C5H7O4.CH3.Db/c1-3-9-5(7)4(6)8-2;;/h2-3H2,1H3;1H3;/q2*-1;. The van der Waals surface area contributed by atoms with Crippen molar-refractivity contribution in [1.29, 1.82) is 0 Å². The van der Waals surface area contributed by atoms with Crippen molar-refractivity contribution < 1.29 is 19.1 Å². The van der Waals surface area contributed by atoms with E-state index in [0.29, 0.717) is 0 Å². The van der Waals surface area contributed by atoms with Crippen LogP contribution in [0.15, 0.2) is 0 Å². The van der Waals surface area contributed by atoms with Gasteiger partial charge in [-0.1, -0.05) is 0 Å². The van der Waals surface area contributed by atoms with Crippen LogP contribution in [0.4, 0.5) is 0 Å². The normalized spacial score (nSPS) is 6.73. The summed E-state index contributed by atoms with van der Waals surface area (Å²) in [7, 11) is 2.74. The van der Waals surface area contributed by atoms with E-state index in [1.807, 2.05) is 0 Å². The summed E-state index contributed by atoms with van der Waals surface area (Å²) in [5.74, 6) is -2.08. The SMILES string of the molecule is [CH2-]OC(=O)C(=O)OCC.[CH3-].[Db]. The van der Waals surface area contributed by atoms with Gasteiger partial charge in [0.05, 0.1) is 6.61 Å². The second-order valence-electron chi connectivity index (χ2n) is 1.15. The van der Waals surface area contributed by atoms with Crippen LogP contribution in [0.25, 0.3) is 0 Å². The van der Waals surface area contributed by atoms with E-state index in [1.165, 1.54) is 0 Å². The Morgan fingerprint density at radius 2 is 1.82 bits per heavy atom. The zero-order valence-corrected chi connectivity index (χ0v) is 13.2. The summed E-state index contributed by atoms with van der Waals surface area (Å²) in [6.07, 6.45) is 0. The number of hydrogen-bond acceptors (Lipinski definition) is 4. The van der Waals surface area contributed by atoms with Crippen molar-refractivity contribution in [2.75, 3.05) is 6.61 Å². The average Bonchev–Trinajstić information content (AvgIpc) is 1.87. The van der Waals surface area contributed by atoms with E-state index in [2.05, 4.69) is 16.6 Å². The van der Waals surface area contributed by atoms with E-state index in [0.717, 1.165) is 0 Å². The molecule has 0 radical (unpaired) electrons. The van der Waals surface area contributed by atoms with E-state index >= 15 is 0 Å². The summed E-state index contributed by atoms with van der Waals surface area (Å²) < 4.78 is 8.04. The van der Waals surface area contributed by atoms with Crippen molar-refractivity contribution in [3.8, 4) is 0 Å². The molecule has 0 aromatic rings. The molecule has 0 aliphatic carbocycles. The number of hydrogen-bond donors (Lipinski definition) is 0. The van der Waals surface area contributed by atoms with Gasteiger partial charge in [0, 0.05) is 0 Å². The summed E-state index contributed by atoms with van der Waals surface area (Å²) >= 11 is 0. The molecule has 0 aromatic heterocycles. The van der Waals surface area contributed by atoms with Crippen LogP contribution in [0.5, 0.6) is 0 Å². The van der Waals surface area contributed by atoms with Gasteiger partial charge in [-0.2, -0.15) is 7.11 Å². The van der Waals surface area contributed by atoms with E-state index in [4.69, 9.17) is 0 Å². The summed E-state index contributed by atoms with van der Waals surface area (Å²) in [4.78, 5) is 20.4. The van der Waals surface area contributed by atoms with Gasteiger partial charge < -0.3 is 16.9 Å². The molecule has 0 aromatic carbocycles. The second kappa shape index (κ2) is 7.94. The Morgan fingerprint density at radius 3 is 2.09 bits per heavy atom. The largest absolute Gasteiger partial charge is 0.632 e. The van der Waals surface area contributed by atoms with E-state index in [1.54, 1.807) is 6.92 Å². The van der Waals surface area contributed by atoms with Crippen LogP contribution >= 0.6 is 0 Å². The van der Waals surface area contributed by atoms with Gasteiger partial charge in [-0.25, -0.2) is 9.59 Å². The van der Waals surface area contributed by atoms with Crippen LogP contribution in [0.2, 0.25) is 0 Å². The third-order valence-electron chi connectivity index (χ3n) is 0.573. The monoisotopic (exact) mass is 414 g/mol. The van der Waals surface area contributed by atoms with Crippen molar-refractivity contribution in [1.82, 2.24) is 0 Å². The fourth-order valence-electron chi connectivity index (χ4n) is 0.249. The van der Waals surface area contributed by atoms with Gasteiger partial charge in [0.2, 0.25) is 0 Å². The molecule has 0 saturated carbocycles. The molecule has 0 amide bonds. The van der Waals surface area contributed by atoms with Crippen molar-refractivity contribution >= 4 is 11.9 Å². The van der Waals surface area contributed by atoms with Gasteiger partial charge in [-0.3, -0.25) is 0 Å². The van der Waals surface area contributed by atoms with Gasteiger partial charge in [0.1, 0.15) is 0 Å². The maximum Gasteiger partial charge on any atom is 0.414 e. The predicted molar refractivity (Wildman–Crippen MR) is 34.5 cm³/mol. The fourth-order valence-corrected chi connectivity index (χ4v) is 0.249. The molecule has 0 N–H and O–H groups in total. The first-order valence-corrected chi connectivity index (χ1v) is 2.35. The zero-order valence-electron chi connectivity index (χ0n) is 6.75. The quantitative estimate of drug-likeness (QED) is 0.353. The van der Waals surface area contributed by atoms with Crippen LogP contribution in [0, 0.1) is 14.5 Å². The molecule has 0 heterocycles. The molecule has 0 rings (SSSR count). The maximum absolute atomic E-state index is 10.2. The topological polar surface area (TPSA) is 52.6 Å². The molecule has 62 valence electrons. The number of carbonyl (C=O) groups excluding carboxylic acids is 2. The Bertz CT molecular complexity index is 124. The third kappa shape index (κ3) is 5.82. The first-order valence-electron chi connectivity index (χ1n) is 2.35. The van der Waals surface area contributed by atoms with E-state index < -0.39 is 11.9 Å². The Morgan fingerprint density at radius 1 is 1.36 bits per heavy atom. The molecule has 0 spiro atoms. The Kier molecular flexibility index (Phi) is 11.5. The molecule has 0 fully saturated rings. The van der Waals surface area contributed by atoms with Crippen LogP contribution in [-0.2, 0) is 19.1 Å². The molecule has 5 heteroatoms. The van der Waals surface area contributed by atoms with Crippen molar-refractivity contribution in [3.63, 3.8) is 0 Å². The van der Waals surface area contributed by atoms with Crippen LogP contribution in [0.1, 0.15) is 6.92 Å². The molecular weight excluding hydrogens is 404 g/mol. The molecule has 0 aliphatic heterocycles. The third-order valence-corrected chi connectivity index (χ3v) is 0.573. The Balaban J connectivity index is -0.000000320. The van der Waals surface area contributed by atoms with Gasteiger partial charge in [-0.15, -0.1) is 0 Å². The van der Waals surface area contributed by atoms with Crippen LogP contribution in [0.3, 0.4) is 0 Å². The summed E-state index contributed by atoms with van der Waals surface area (Å²) in [5.41, 5.74) is 0. The molecule has 0 saturated heterocycles.